The summed E-state index contributed by atoms with van der Waals surface area (Å²) in [6, 6.07) is 14.0. The van der Waals surface area contributed by atoms with Crippen molar-refractivity contribution in [2.75, 3.05) is 6.54 Å². The summed E-state index contributed by atoms with van der Waals surface area (Å²) in [7, 11) is 0. The SMILES string of the molecule is CC(C)CNCc1ccc(Br)cc1Oc1ccccc1Br. The third-order valence-electron chi connectivity index (χ3n) is 2.95. The molecule has 0 saturated carbocycles. The van der Waals surface area contributed by atoms with Crippen LogP contribution >= 0.6 is 31.9 Å². The smallest absolute Gasteiger partial charge is 0.141 e. The van der Waals surface area contributed by atoms with Crippen LogP contribution in [0.4, 0.5) is 0 Å². The van der Waals surface area contributed by atoms with E-state index in [9.17, 15) is 0 Å². The topological polar surface area (TPSA) is 21.3 Å². The van der Waals surface area contributed by atoms with E-state index in [0.717, 1.165) is 39.1 Å². The zero-order chi connectivity index (χ0) is 15.2. The molecule has 0 aromatic heterocycles. The molecule has 0 aliphatic carbocycles. The highest BCUT2D eigenvalue weighted by atomic mass is 79.9. The first-order chi connectivity index (χ1) is 10.1. The summed E-state index contributed by atoms with van der Waals surface area (Å²) in [5.41, 5.74) is 1.15. The van der Waals surface area contributed by atoms with E-state index in [0.29, 0.717) is 5.92 Å². The number of para-hydroxylation sites is 1. The minimum Gasteiger partial charge on any atom is -0.456 e. The third kappa shape index (κ3) is 5.13. The fourth-order valence-electron chi connectivity index (χ4n) is 1.91. The number of halogens is 2. The van der Waals surface area contributed by atoms with Crippen LogP contribution in [0.1, 0.15) is 19.4 Å². The molecule has 2 nitrogen and oxygen atoms in total. The maximum absolute atomic E-state index is 6.06. The highest BCUT2D eigenvalue weighted by Gasteiger charge is 2.08. The van der Waals surface area contributed by atoms with Crippen LogP contribution in [0.5, 0.6) is 11.5 Å². The number of hydrogen-bond acceptors (Lipinski definition) is 2. The Bertz CT molecular complexity index is 599. The Hall–Kier alpha value is -0.840. The average Bonchev–Trinajstić information content (AvgIpc) is 2.43. The Morgan fingerprint density at radius 3 is 2.52 bits per heavy atom. The highest BCUT2D eigenvalue weighted by Crippen LogP contribution is 2.32. The summed E-state index contributed by atoms with van der Waals surface area (Å²) in [6.07, 6.45) is 0. The summed E-state index contributed by atoms with van der Waals surface area (Å²) in [4.78, 5) is 0. The summed E-state index contributed by atoms with van der Waals surface area (Å²) >= 11 is 7.02. The summed E-state index contributed by atoms with van der Waals surface area (Å²) in [6.45, 7) is 6.19. The first-order valence-electron chi connectivity index (χ1n) is 6.98. The molecule has 2 rings (SSSR count). The lowest BCUT2D eigenvalue weighted by Crippen LogP contribution is -2.19. The predicted molar refractivity (Wildman–Crippen MR) is 94.9 cm³/mol. The Kier molecular flexibility index (Phi) is 6.27. The Balaban J connectivity index is 2.17. The van der Waals surface area contributed by atoms with Crippen LogP contribution in [0.3, 0.4) is 0 Å². The van der Waals surface area contributed by atoms with Crippen LogP contribution in [0.25, 0.3) is 0 Å². The van der Waals surface area contributed by atoms with Gasteiger partial charge in [0.1, 0.15) is 11.5 Å². The Morgan fingerprint density at radius 1 is 1.05 bits per heavy atom. The minimum atomic E-state index is 0.632. The molecule has 0 saturated heterocycles. The van der Waals surface area contributed by atoms with Gasteiger partial charge in [0, 0.05) is 16.6 Å². The maximum Gasteiger partial charge on any atom is 0.141 e. The van der Waals surface area contributed by atoms with Crippen LogP contribution in [0.2, 0.25) is 0 Å². The van der Waals surface area contributed by atoms with Gasteiger partial charge in [0.25, 0.3) is 0 Å². The number of hydrogen-bond donors (Lipinski definition) is 1. The molecular weight excluding hydrogens is 394 g/mol. The van der Waals surface area contributed by atoms with Crippen LogP contribution in [-0.4, -0.2) is 6.54 Å². The lowest BCUT2D eigenvalue weighted by Gasteiger charge is -2.14. The zero-order valence-corrected chi connectivity index (χ0v) is 15.4. The van der Waals surface area contributed by atoms with Gasteiger partial charge in [-0.05, 0) is 52.7 Å². The fourth-order valence-corrected chi connectivity index (χ4v) is 2.62. The van der Waals surface area contributed by atoms with Crippen molar-refractivity contribution >= 4 is 31.9 Å². The Labute approximate surface area is 143 Å². The van der Waals surface area contributed by atoms with Gasteiger partial charge in [0.2, 0.25) is 0 Å². The first kappa shape index (κ1) is 16.5. The fraction of sp³-hybridized carbons (Fsp3) is 0.294. The van der Waals surface area contributed by atoms with E-state index in [2.05, 4.69) is 57.1 Å². The largest absolute Gasteiger partial charge is 0.456 e. The van der Waals surface area contributed by atoms with Crippen molar-refractivity contribution in [3.8, 4) is 11.5 Å². The van der Waals surface area contributed by atoms with Gasteiger partial charge in [-0.1, -0.05) is 48.0 Å². The summed E-state index contributed by atoms with van der Waals surface area (Å²) < 4.78 is 8.02. The molecule has 0 radical (unpaired) electrons. The molecule has 1 N–H and O–H groups in total. The van der Waals surface area contributed by atoms with Crippen molar-refractivity contribution in [1.82, 2.24) is 5.32 Å². The molecule has 0 fully saturated rings. The van der Waals surface area contributed by atoms with E-state index >= 15 is 0 Å². The van der Waals surface area contributed by atoms with Crippen molar-refractivity contribution in [3.05, 3.63) is 57.0 Å². The number of nitrogens with one attached hydrogen (secondary N) is 1. The molecule has 4 heteroatoms. The van der Waals surface area contributed by atoms with E-state index < -0.39 is 0 Å². The third-order valence-corrected chi connectivity index (χ3v) is 4.10. The van der Waals surface area contributed by atoms with Gasteiger partial charge in [-0.25, -0.2) is 0 Å². The average molecular weight is 413 g/mol. The Morgan fingerprint density at radius 2 is 1.81 bits per heavy atom. The summed E-state index contributed by atoms with van der Waals surface area (Å²) in [5, 5.41) is 3.45. The van der Waals surface area contributed by atoms with Crippen molar-refractivity contribution < 1.29 is 4.74 Å². The first-order valence-corrected chi connectivity index (χ1v) is 8.56. The molecule has 0 amide bonds. The molecular formula is C17H19Br2NO. The van der Waals surface area contributed by atoms with E-state index in [1.165, 1.54) is 0 Å². The minimum absolute atomic E-state index is 0.632. The summed E-state index contributed by atoms with van der Waals surface area (Å²) in [5.74, 6) is 2.32. The van der Waals surface area contributed by atoms with E-state index in [1.54, 1.807) is 0 Å². The van der Waals surface area contributed by atoms with Gasteiger partial charge in [-0.2, -0.15) is 0 Å². The van der Waals surface area contributed by atoms with Gasteiger partial charge < -0.3 is 10.1 Å². The number of benzene rings is 2. The molecule has 0 aliphatic rings. The van der Waals surface area contributed by atoms with Crippen LogP contribution < -0.4 is 10.1 Å². The molecule has 0 bridgehead atoms. The molecule has 2 aromatic carbocycles. The van der Waals surface area contributed by atoms with Crippen molar-refractivity contribution in [3.63, 3.8) is 0 Å². The maximum atomic E-state index is 6.06. The molecule has 0 spiro atoms. The van der Waals surface area contributed by atoms with Crippen molar-refractivity contribution in [2.45, 2.75) is 20.4 Å². The number of rotatable bonds is 6. The zero-order valence-electron chi connectivity index (χ0n) is 12.2. The highest BCUT2D eigenvalue weighted by molar-refractivity contribution is 9.10. The second-order valence-electron chi connectivity index (χ2n) is 5.31. The monoisotopic (exact) mass is 411 g/mol. The molecule has 21 heavy (non-hydrogen) atoms. The normalized spacial score (nSPS) is 10.9. The molecule has 2 aromatic rings. The quantitative estimate of drug-likeness (QED) is 0.652. The van der Waals surface area contributed by atoms with Crippen LogP contribution in [0.15, 0.2) is 51.4 Å². The van der Waals surface area contributed by atoms with Crippen LogP contribution in [-0.2, 0) is 6.54 Å². The number of ether oxygens (including phenoxy) is 1. The predicted octanol–water partition coefficient (Wildman–Crippen LogP) is 5.75. The van der Waals surface area contributed by atoms with Crippen LogP contribution in [0, 0.1) is 5.92 Å². The van der Waals surface area contributed by atoms with Gasteiger partial charge in [-0.3, -0.25) is 0 Å². The lowest BCUT2D eigenvalue weighted by molar-refractivity contribution is 0.466. The molecule has 112 valence electrons. The second kappa shape index (κ2) is 7.97. The lowest BCUT2D eigenvalue weighted by atomic mass is 10.2. The van der Waals surface area contributed by atoms with Crippen molar-refractivity contribution in [1.29, 1.82) is 0 Å². The van der Waals surface area contributed by atoms with Gasteiger partial charge in [-0.15, -0.1) is 0 Å². The van der Waals surface area contributed by atoms with E-state index in [1.807, 2.05) is 36.4 Å². The van der Waals surface area contributed by atoms with Gasteiger partial charge in [0.05, 0.1) is 4.47 Å². The second-order valence-corrected chi connectivity index (χ2v) is 7.08. The van der Waals surface area contributed by atoms with Gasteiger partial charge in [0.15, 0.2) is 0 Å². The molecule has 0 heterocycles. The van der Waals surface area contributed by atoms with Crippen molar-refractivity contribution in [2.24, 2.45) is 5.92 Å². The molecule has 0 unspecified atom stereocenters. The standard InChI is InChI=1S/C17H19Br2NO/c1-12(2)10-20-11-13-7-8-14(18)9-17(13)21-16-6-4-3-5-15(16)19/h3-9,12,20H,10-11H2,1-2H3. The van der Waals surface area contributed by atoms with E-state index in [-0.39, 0.29) is 0 Å². The molecule has 0 atom stereocenters. The molecule has 0 aliphatic heterocycles. The van der Waals surface area contributed by atoms with E-state index in [4.69, 9.17) is 4.74 Å². The van der Waals surface area contributed by atoms with Gasteiger partial charge >= 0.3 is 0 Å².